The number of hydrogen-bond acceptors (Lipinski definition) is 3. The number of halogens is 1. The van der Waals surface area contributed by atoms with E-state index in [0.717, 1.165) is 19.3 Å². The van der Waals surface area contributed by atoms with E-state index in [-0.39, 0.29) is 16.8 Å². The van der Waals surface area contributed by atoms with Crippen molar-refractivity contribution >= 4 is 33.2 Å². The predicted octanol–water partition coefficient (Wildman–Crippen LogP) is 4.95. The highest BCUT2D eigenvalue weighted by Gasteiger charge is 2.22. The third-order valence-electron chi connectivity index (χ3n) is 5.20. The van der Waals surface area contributed by atoms with Gasteiger partial charge >= 0.3 is 0 Å². The lowest BCUT2D eigenvalue weighted by atomic mass is 9.87. The van der Waals surface area contributed by atoms with Crippen molar-refractivity contribution in [1.82, 2.24) is 5.32 Å². The maximum Gasteiger partial charge on any atom is 0.261 e. The van der Waals surface area contributed by atoms with Crippen molar-refractivity contribution < 1.29 is 13.2 Å². The highest BCUT2D eigenvalue weighted by atomic mass is 35.5. The fourth-order valence-corrected chi connectivity index (χ4v) is 4.85. The summed E-state index contributed by atoms with van der Waals surface area (Å²) in [7, 11) is -3.73. The number of nitrogens with one attached hydrogen (secondary N) is 2. The van der Waals surface area contributed by atoms with Gasteiger partial charge < -0.3 is 5.32 Å². The SMILES string of the molecule is O=C(NC1CCCc2ccccc21)c1ccc(NS(=O)(=O)c2ccc(Cl)cc2)cc1. The molecule has 1 atom stereocenters. The van der Waals surface area contributed by atoms with E-state index >= 15 is 0 Å². The van der Waals surface area contributed by atoms with Gasteiger partial charge in [0.15, 0.2) is 0 Å². The molecule has 1 aliphatic carbocycles. The summed E-state index contributed by atoms with van der Waals surface area (Å²) >= 11 is 5.81. The fourth-order valence-electron chi connectivity index (χ4n) is 3.66. The van der Waals surface area contributed by atoms with Crippen LogP contribution in [0.3, 0.4) is 0 Å². The molecule has 3 aromatic carbocycles. The minimum atomic E-state index is -3.73. The van der Waals surface area contributed by atoms with Crippen LogP contribution in [0.5, 0.6) is 0 Å². The molecule has 0 radical (unpaired) electrons. The van der Waals surface area contributed by atoms with Crippen LogP contribution in [0.2, 0.25) is 5.02 Å². The minimum Gasteiger partial charge on any atom is -0.345 e. The van der Waals surface area contributed by atoms with Crippen molar-refractivity contribution in [2.45, 2.75) is 30.2 Å². The van der Waals surface area contributed by atoms with Gasteiger partial charge in [-0.25, -0.2) is 8.42 Å². The van der Waals surface area contributed by atoms with Crippen LogP contribution in [0.25, 0.3) is 0 Å². The molecular formula is C23H21ClN2O3S. The molecule has 0 heterocycles. The number of benzene rings is 3. The number of amides is 1. The molecule has 5 nitrogen and oxygen atoms in total. The lowest BCUT2D eigenvalue weighted by molar-refractivity contribution is 0.0933. The second kappa shape index (κ2) is 8.50. The predicted molar refractivity (Wildman–Crippen MR) is 118 cm³/mol. The average molecular weight is 441 g/mol. The van der Waals surface area contributed by atoms with Crippen molar-refractivity contribution in [3.63, 3.8) is 0 Å². The molecule has 1 aliphatic rings. The van der Waals surface area contributed by atoms with Crippen molar-refractivity contribution in [1.29, 1.82) is 0 Å². The van der Waals surface area contributed by atoms with Gasteiger partial charge in [0.2, 0.25) is 0 Å². The Morgan fingerprint density at radius 3 is 2.37 bits per heavy atom. The molecule has 2 N–H and O–H groups in total. The Morgan fingerprint density at radius 1 is 0.933 bits per heavy atom. The highest BCUT2D eigenvalue weighted by molar-refractivity contribution is 7.92. The molecule has 1 unspecified atom stereocenters. The molecule has 3 aromatic rings. The van der Waals surface area contributed by atoms with Crippen LogP contribution in [0.4, 0.5) is 5.69 Å². The lowest BCUT2D eigenvalue weighted by Crippen LogP contribution is -2.30. The number of carbonyl (C=O) groups excluding carboxylic acids is 1. The van der Waals surface area contributed by atoms with Crippen molar-refractivity contribution in [3.8, 4) is 0 Å². The van der Waals surface area contributed by atoms with Gasteiger partial charge in [-0.15, -0.1) is 0 Å². The molecular weight excluding hydrogens is 420 g/mol. The first-order chi connectivity index (χ1) is 14.4. The van der Waals surface area contributed by atoms with Gasteiger partial charge in [0, 0.05) is 16.3 Å². The molecule has 0 aromatic heterocycles. The summed E-state index contributed by atoms with van der Waals surface area (Å²) in [5.41, 5.74) is 3.31. The molecule has 4 rings (SSSR count). The third kappa shape index (κ3) is 4.50. The largest absolute Gasteiger partial charge is 0.345 e. The molecule has 30 heavy (non-hydrogen) atoms. The number of hydrogen-bond donors (Lipinski definition) is 2. The Bertz CT molecular complexity index is 1160. The van der Waals surface area contributed by atoms with Gasteiger partial charge in [-0.1, -0.05) is 35.9 Å². The molecule has 0 fully saturated rings. The van der Waals surface area contributed by atoms with E-state index in [4.69, 9.17) is 11.6 Å². The van der Waals surface area contributed by atoms with Gasteiger partial charge in [0.05, 0.1) is 10.9 Å². The highest BCUT2D eigenvalue weighted by Crippen LogP contribution is 2.29. The molecule has 0 spiro atoms. The molecule has 0 saturated carbocycles. The summed E-state index contributed by atoms with van der Waals surface area (Å²) in [6.07, 6.45) is 2.97. The van der Waals surface area contributed by atoms with Crippen LogP contribution in [0.15, 0.2) is 77.7 Å². The zero-order chi connectivity index (χ0) is 21.1. The first-order valence-electron chi connectivity index (χ1n) is 9.69. The van der Waals surface area contributed by atoms with E-state index in [0.29, 0.717) is 16.3 Å². The fraction of sp³-hybridized carbons (Fsp3) is 0.174. The van der Waals surface area contributed by atoms with E-state index in [2.05, 4.69) is 22.2 Å². The van der Waals surface area contributed by atoms with Crippen LogP contribution in [-0.4, -0.2) is 14.3 Å². The zero-order valence-electron chi connectivity index (χ0n) is 16.1. The Labute approximate surface area is 181 Å². The van der Waals surface area contributed by atoms with E-state index in [1.54, 1.807) is 24.3 Å². The van der Waals surface area contributed by atoms with Gasteiger partial charge in [-0.3, -0.25) is 9.52 Å². The quantitative estimate of drug-likeness (QED) is 0.589. The maximum atomic E-state index is 12.7. The monoisotopic (exact) mass is 440 g/mol. The van der Waals surface area contributed by atoms with E-state index < -0.39 is 10.0 Å². The van der Waals surface area contributed by atoms with Crippen molar-refractivity contribution in [2.24, 2.45) is 0 Å². The zero-order valence-corrected chi connectivity index (χ0v) is 17.7. The van der Waals surface area contributed by atoms with Gasteiger partial charge in [-0.2, -0.15) is 0 Å². The lowest BCUT2D eigenvalue weighted by Gasteiger charge is -2.26. The summed E-state index contributed by atoms with van der Waals surface area (Å²) in [4.78, 5) is 12.8. The van der Waals surface area contributed by atoms with Crippen LogP contribution >= 0.6 is 11.6 Å². The summed E-state index contributed by atoms with van der Waals surface area (Å²) < 4.78 is 27.5. The smallest absolute Gasteiger partial charge is 0.261 e. The number of carbonyl (C=O) groups is 1. The molecule has 1 amide bonds. The standard InChI is InChI=1S/C23H21ClN2O3S/c24-18-10-14-20(15-11-18)30(28,29)26-19-12-8-17(9-13-19)23(27)25-22-7-3-5-16-4-1-2-6-21(16)22/h1-2,4,6,8-15,22,26H,3,5,7H2,(H,25,27). The van der Waals surface area contributed by atoms with Crippen LogP contribution < -0.4 is 10.0 Å². The van der Waals surface area contributed by atoms with Gasteiger partial charge in [-0.05, 0) is 78.9 Å². The Hall–Kier alpha value is -2.83. The van der Waals surface area contributed by atoms with Crippen LogP contribution in [0, 0.1) is 0 Å². The molecule has 0 aliphatic heterocycles. The van der Waals surface area contributed by atoms with Crippen molar-refractivity contribution in [2.75, 3.05) is 4.72 Å². The van der Waals surface area contributed by atoms with Gasteiger partial charge in [0.1, 0.15) is 0 Å². The first kappa shape index (κ1) is 20.4. The molecule has 0 saturated heterocycles. The Balaban J connectivity index is 1.45. The number of rotatable bonds is 5. The van der Waals surface area contributed by atoms with Gasteiger partial charge in [0.25, 0.3) is 15.9 Å². The molecule has 0 bridgehead atoms. The second-order valence-corrected chi connectivity index (χ2v) is 9.37. The Morgan fingerprint density at radius 2 is 1.63 bits per heavy atom. The molecule has 7 heteroatoms. The average Bonchev–Trinajstić information content (AvgIpc) is 2.74. The second-order valence-electron chi connectivity index (χ2n) is 7.25. The summed E-state index contributed by atoms with van der Waals surface area (Å²) in [6, 6.07) is 20.5. The van der Waals surface area contributed by atoms with Crippen LogP contribution in [0.1, 0.15) is 40.4 Å². The molecule has 154 valence electrons. The number of sulfonamides is 1. The number of anilines is 1. The Kier molecular flexibility index (Phi) is 5.79. The van der Waals surface area contributed by atoms with Crippen LogP contribution in [-0.2, 0) is 16.4 Å². The van der Waals surface area contributed by atoms with E-state index in [9.17, 15) is 13.2 Å². The number of aryl methyl sites for hydroxylation is 1. The number of fused-ring (bicyclic) bond motifs is 1. The van der Waals surface area contributed by atoms with E-state index in [1.165, 1.54) is 35.4 Å². The third-order valence-corrected chi connectivity index (χ3v) is 6.85. The van der Waals surface area contributed by atoms with Crippen molar-refractivity contribution in [3.05, 3.63) is 94.5 Å². The first-order valence-corrected chi connectivity index (χ1v) is 11.6. The summed E-state index contributed by atoms with van der Waals surface area (Å²) in [5.74, 6) is -0.177. The topological polar surface area (TPSA) is 75.3 Å². The van der Waals surface area contributed by atoms with E-state index in [1.807, 2.05) is 12.1 Å². The normalized spacial score (nSPS) is 15.8. The minimum absolute atomic E-state index is 0.00876. The summed E-state index contributed by atoms with van der Waals surface area (Å²) in [5, 5.41) is 3.56. The maximum absolute atomic E-state index is 12.7. The summed E-state index contributed by atoms with van der Waals surface area (Å²) in [6.45, 7) is 0.